The minimum atomic E-state index is 0.717. The Hall–Kier alpha value is -6.08. The molecule has 0 amide bonds. The third-order valence-corrected chi connectivity index (χ3v) is 11.5. The number of hydrogen-bond donors (Lipinski definition) is 0. The lowest BCUT2D eigenvalue weighted by Crippen LogP contribution is -1.76. The van der Waals surface area contributed by atoms with E-state index in [2.05, 4.69) is 84.9 Å². The van der Waals surface area contributed by atoms with Gasteiger partial charge >= 0.3 is 0 Å². The highest BCUT2D eigenvalue weighted by molar-refractivity contribution is 7.73. The first-order valence-electron chi connectivity index (χ1n) is 17.0. The average Bonchev–Trinajstić information content (AvgIpc) is 3.17. The molecule has 0 unspecified atom stereocenters. The molecule has 252 valence electrons. The molecule has 0 saturated heterocycles. The lowest BCUT2D eigenvalue weighted by atomic mass is 10.1. The van der Waals surface area contributed by atoms with Crippen LogP contribution in [0, 0.1) is 13.8 Å². The van der Waals surface area contributed by atoms with E-state index >= 15 is 0 Å². The summed E-state index contributed by atoms with van der Waals surface area (Å²) in [7, 11) is 3.51. The van der Waals surface area contributed by atoms with Crippen molar-refractivity contribution in [1.82, 2.24) is 0 Å². The van der Waals surface area contributed by atoms with Crippen molar-refractivity contribution in [2.45, 2.75) is 13.8 Å². The number of aryl methyl sites for hydroxylation is 2. The van der Waals surface area contributed by atoms with Gasteiger partial charge in [0.05, 0.1) is 0 Å². The van der Waals surface area contributed by atoms with Crippen molar-refractivity contribution < 1.29 is 17.7 Å². The number of benzene rings is 8. The maximum Gasteiger partial charge on any atom is 0.134 e. The van der Waals surface area contributed by atoms with Crippen molar-refractivity contribution in [1.29, 1.82) is 0 Å². The van der Waals surface area contributed by atoms with Crippen LogP contribution in [-0.2, 0) is 0 Å². The van der Waals surface area contributed by atoms with Crippen LogP contribution in [0.4, 0.5) is 0 Å². The summed E-state index contributed by atoms with van der Waals surface area (Å²) < 4.78 is 27.7. The van der Waals surface area contributed by atoms with Crippen molar-refractivity contribution in [3.63, 3.8) is 0 Å². The van der Waals surface area contributed by atoms with Crippen LogP contribution in [0.2, 0.25) is 0 Å². The zero-order valence-electron chi connectivity index (χ0n) is 28.5. The maximum atomic E-state index is 6.34. The van der Waals surface area contributed by atoms with Crippen molar-refractivity contribution in [2.24, 2.45) is 0 Å². The van der Waals surface area contributed by atoms with Gasteiger partial charge in [0.15, 0.2) is 0 Å². The van der Waals surface area contributed by atoms with Gasteiger partial charge in [0.25, 0.3) is 0 Å². The Morgan fingerprint density at radius 2 is 0.615 bits per heavy atom. The van der Waals surface area contributed by atoms with Crippen molar-refractivity contribution in [2.75, 3.05) is 0 Å². The summed E-state index contributed by atoms with van der Waals surface area (Å²) in [4.78, 5) is 0. The molecule has 8 aromatic carbocycles. The minimum Gasteiger partial charge on any atom is -0.457 e. The van der Waals surface area contributed by atoms with E-state index in [1.807, 2.05) is 86.6 Å². The molecule has 4 nitrogen and oxygen atoms in total. The van der Waals surface area contributed by atoms with Gasteiger partial charge in [0.2, 0.25) is 0 Å². The molecule has 6 heteroatoms. The molecule has 52 heavy (non-hydrogen) atoms. The number of rotatable bonds is 0. The summed E-state index contributed by atoms with van der Waals surface area (Å²) in [5.41, 5.74) is 8.03. The fourth-order valence-electron chi connectivity index (χ4n) is 6.20. The van der Waals surface area contributed by atoms with Gasteiger partial charge in [0.1, 0.15) is 44.7 Å². The second-order valence-electron chi connectivity index (χ2n) is 12.8. The van der Waals surface area contributed by atoms with Gasteiger partial charge in [-0.3, -0.25) is 0 Å². The molecule has 0 fully saturated rings. The molecule has 0 atom stereocenters. The zero-order valence-corrected chi connectivity index (χ0v) is 30.1. The molecule has 0 radical (unpaired) electrons. The van der Waals surface area contributed by atoms with E-state index in [-0.39, 0.29) is 0 Å². The van der Waals surface area contributed by atoms with E-state index in [9.17, 15) is 0 Å². The molecular weight excluding hydrogens is 681 g/mol. The predicted molar refractivity (Wildman–Crippen MR) is 220 cm³/mol. The molecule has 0 spiro atoms. The Bertz CT molecular complexity index is 2870. The fourth-order valence-corrected chi connectivity index (χ4v) is 8.18. The van der Waals surface area contributed by atoms with E-state index in [4.69, 9.17) is 17.7 Å². The first kappa shape index (κ1) is 31.9. The van der Waals surface area contributed by atoms with E-state index < -0.39 is 0 Å². The second-order valence-corrected chi connectivity index (χ2v) is 15.1. The van der Waals surface area contributed by atoms with Gasteiger partial charge in [-0.2, -0.15) is 0 Å². The topological polar surface area (TPSA) is 52.6 Å². The van der Waals surface area contributed by atoms with Crippen molar-refractivity contribution in [3.05, 3.63) is 169 Å². The molecule has 10 heterocycles. The molecule has 18 aromatic rings. The lowest BCUT2D eigenvalue weighted by Gasteiger charge is -2.00. The first-order chi connectivity index (χ1) is 25.5. The van der Waals surface area contributed by atoms with E-state index in [0.717, 1.165) is 88.1 Å². The van der Waals surface area contributed by atoms with Gasteiger partial charge in [0, 0.05) is 21.5 Å². The fraction of sp³-hybridized carbons (Fsp3) is 0.0435. The molecular formula is C46H32O4S2. The van der Waals surface area contributed by atoms with Gasteiger partial charge in [-0.15, -0.1) is 0 Å². The molecule has 10 aromatic heterocycles. The van der Waals surface area contributed by atoms with E-state index in [1.165, 1.54) is 9.40 Å². The maximum absolute atomic E-state index is 6.34. The molecule has 0 saturated carbocycles. The minimum absolute atomic E-state index is 0.717. The summed E-state index contributed by atoms with van der Waals surface area (Å²) >= 11 is 0. The second kappa shape index (κ2) is 13.6. The average molecular weight is 713 g/mol. The SMILES string of the molecule is Cc1ccc2cc1oc1ccc(cc1)c1ccc(cc1)oc1cc(ccc1C)oc1ccc3cc(ccc3c1)ssc1ccc3cc(ccc3c1)o2. The van der Waals surface area contributed by atoms with Crippen LogP contribution in [0.1, 0.15) is 11.1 Å². The number of hydrogen-bond acceptors (Lipinski definition) is 6. The van der Waals surface area contributed by atoms with Crippen LogP contribution in [0.25, 0.3) is 86.4 Å². The van der Waals surface area contributed by atoms with Crippen LogP contribution < -0.4 is 0 Å². The van der Waals surface area contributed by atoms with Crippen LogP contribution in [-0.4, -0.2) is 0 Å². The van der Waals surface area contributed by atoms with Crippen molar-refractivity contribution in [3.8, 4) is 0 Å². The Morgan fingerprint density at radius 3 is 1.06 bits per heavy atom. The molecule has 0 aliphatic heterocycles. The standard InChI is InChI=1S/C46H32O4S2/c1-29-3-13-41-27-45(29)49-37-15-5-31(6-16-37)32-7-17-38(18-8-32)50-46-28-42(14-4-30(46)2)48-40-20-10-36-26-44(22-12-34(36)24-40)52-51-43-21-11-33-23-39(47-41)19-9-35(33)25-43/h3-28H,1-2H3. The van der Waals surface area contributed by atoms with Crippen LogP contribution in [0.5, 0.6) is 0 Å². The Kier molecular flexibility index (Phi) is 8.31. The Balaban J connectivity index is 1.24. The van der Waals surface area contributed by atoms with Crippen LogP contribution in [0.15, 0.2) is 175 Å². The highest BCUT2D eigenvalue weighted by Crippen LogP contribution is 2.27. The Morgan fingerprint density at radius 1 is 0.288 bits per heavy atom. The summed E-state index contributed by atoms with van der Waals surface area (Å²) in [6.07, 6.45) is 0. The summed E-state index contributed by atoms with van der Waals surface area (Å²) in [6, 6.07) is 53.6. The quantitative estimate of drug-likeness (QED) is 0.147. The largest absolute Gasteiger partial charge is 0.457 e. The molecule has 0 aliphatic rings. The van der Waals surface area contributed by atoms with E-state index in [1.54, 1.807) is 20.7 Å². The molecule has 18 rings (SSSR count). The predicted octanol–water partition coefficient (Wildman–Crippen LogP) is 15.1. The zero-order chi connectivity index (χ0) is 35.0. The highest BCUT2D eigenvalue weighted by atomic mass is 32.9. The third kappa shape index (κ3) is 6.82. The monoisotopic (exact) mass is 712 g/mol. The van der Waals surface area contributed by atoms with Gasteiger partial charge in [-0.25, -0.2) is 0 Å². The van der Waals surface area contributed by atoms with Crippen molar-refractivity contribution >= 4 is 107 Å². The smallest absolute Gasteiger partial charge is 0.134 e. The summed E-state index contributed by atoms with van der Waals surface area (Å²) in [5.74, 6) is 0. The molecule has 16 bridgehead atoms. The van der Waals surface area contributed by atoms with Crippen LogP contribution in [0.3, 0.4) is 0 Å². The van der Waals surface area contributed by atoms with Crippen LogP contribution >= 0.6 is 20.7 Å². The molecule has 0 N–H and O–H groups in total. The third-order valence-electron chi connectivity index (χ3n) is 9.09. The Labute approximate surface area is 306 Å². The summed E-state index contributed by atoms with van der Waals surface area (Å²) in [5, 5.41) is 6.72. The van der Waals surface area contributed by atoms with E-state index in [0.29, 0.717) is 0 Å². The van der Waals surface area contributed by atoms with Gasteiger partial charge < -0.3 is 17.7 Å². The first-order valence-corrected chi connectivity index (χ1v) is 19.2. The van der Waals surface area contributed by atoms with Gasteiger partial charge in [-0.05, 0) is 142 Å². The lowest BCUT2D eigenvalue weighted by molar-refractivity contribution is 0.638. The highest BCUT2D eigenvalue weighted by Gasteiger charge is 2.01. The van der Waals surface area contributed by atoms with Gasteiger partial charge in [-0.1, -0.05) is 81.3 Å². The molecule has 0 aliphatic carbocycles. The normalized spacial score (nSPS) is 11.3. The summed E-state index contributed by atoms with van der Waals surface area (Å²) in [6.45, 7) is 4.07.